The minimum Gasteiger partial charge on any atom is -0.394 e. The fourth-order valence-corrected chi connectivity index (χ4v) is 4.76. The Morgan fingerprint density at radius 1 is 1.28 bits per heavy atom. The third kappa shape index (κ3) is 2.21. The lowest BCUT2D eigenvalue weighted by Gasteiger charge is -2.45. The van der Waals surface area contributed by atoms with Crippen LogP contribution in [-0.4, -0.2) is 47.3 Å². The van der Waals surface area contributed by atoms with Gasteiger partial charge in [-0.25, -0.2) is 0 Å². The zero-order valence-corrected chi connectivity index (χ0v) is 11.7. The molecule has 3 aliphatic rings. The molecule has 0 spiro atoms. The number of hydrogen-bond acceptors (Lipinski definition) is 3. The molecule has 2 bridgehead atoms. The molecule has 2 saturated carbocycles. The molecule has 0 aromatic carbocycles. The maximum Gasteiger partial charge on any atom is 0.0613 e. The molecule has 3 rings (SSSR count). The Labute approximate surface area is 111 Å². The van der Waals surface area contributed by atoms with Crippen molar-refractivity contribution in [2.45, 2.75) is 69.5 Å². The van der Waals surface area contributed by atoms with E-state index in [-0.39, 0.29) is 5.54 Å². The number of nitrogens with zero attached hydrogens (tertiary/aromatic N) is 1. The molecule has 0 aromatic rings. The van der Waals surface area contributed by atoms with Gasteiger partial charge in [0.15, 0.2) is 0 Å². The summed E-state index contributed by atoms with van der Waals surface area (Å²) in [4.78, 5) is 2.79. The van der Waals surface area contributed by atoms with Crippen molar-refractivity contribution in [2.24, 2.45) is 5.92 Å². The zero-order valence-electron chi connectivity index (χ0n) is 11.7. The van der Waals surface area contributed by atoms with Crippen LogP contribution in [0.25, 0.3) is 0 Å². The number of likely N-dealkylation sites (tertiary alicyclic amines) is 1. The van der Waals surface area contributed by atoms with Gasteiger partial charge in [-0.05, 0) is 57.4 Å². The molecule has 2 N–H and O–H groups in total. The van der Waals surface area contributed by atoms with E-state index in [0.717, 1.165) is 37.4 Å². The molecular weight excluding hydrogens is 224 g/mol. The van der Waals surface area contributed by atoms with E-state index in [1.807, 2.05) is 0 Å². The molecule has 3 fully saturated rings. The van der Waals surface area contributed by atoms with E-state index >= 15 is 0 Å². The largest absolute Gasteiger partial charge is 0.394 e. The van der Waals surface area contributed by atoms with E-state index in [2.05, 4.69) is 17.1 Å². The molecule has 3 nitrogen and oxygen atoms in total. The summed E-state index contributed by atoms with van der Waals surface area (Å²) in [7, 11) is 0. The number of piperidine rings is 1. The Morgan fingerprint density at radius 3 is 2.78 bits per heavy atom. The molecule has 0 amide bonds. The number of likely N-dealkylation sites (N-methyl/N-ethyl adjacent to an activating group) is 1. The lowest BCUT2D eigenvalue weighted by atomic mass is 9.78. The van der Waals surface area contributed by atoms with Crippen LogP contribution in [0.1, 0.15) is 51.9 Å². The first-order chi connectivity index (χ1) is 8.76. The van der Waals surface area contributed by atoms with E-state index in [1.165, 1.54) is 38.6 Å². The lowest BCUT2D eigenvalue weighted by Crippen LogP contribution is -2.56. The highest BCUT2D eigenvalue weighted by Crippen LogP contribution is 2.42. The van der Waals surface area contributed by atoms with Crippen molar-refractivity contribution in [1.29, 1.82) is 0 Å². The quantitative estimate of drug-likeness (QED) is 0.800. The van der Waals surface area contributed by atoms with Gasteiger partial charge in [0.2, 0.25) is 0 Å². The predicted molar refractivity (Wildman–Crippen MR) is 73.6 cm³/mol. The minimum atomic E-state index is 0.0134. The van der Waals surface area contributed by atoms with Crippen LogP contribution >= 0.6 is 0 Å². The Hall–Kier alpha value is -0.120. The second kappa shape index (κ2) is 5.10. The number of hydrogen-bond donors (Lipinski definition) is 2. The van der Waals surface area contributed by atoms with Crippen LogP contribution in [-0.2, 0) is 0 Å². The fraction of sp³-hybridized carbons (Fsp3) is 1.00. The van der Waals surface area contributed by atoms with Gasteiger partial charge in [-0.15, -0.1) is 0 Å². The molecule has 18 heavy (non-hydrogen) atoms. The normalized spacial score (nSPS) is 44.7. The van der Waals surface area contributed by atoms with Crippen LogP contribution in [0.4, 0.5) is 0 Å². The van der Waals surface area contributed by atoms with Crippen LogP contribution in [0, 0.1) is 5.92 Å². The first kappa shape index (κ1) is 12.9. The predicted octanol–water partition coefficient (Wildman–Crippen LogP) is 1.75. The second-order valence-corrected chi connectivity index (χ2v) is 6.75. The van der Waals surface area contributed by atoms with Gasteiger partial charge in [-0.3, -0.25) is 4.90 Å². The van der Waals surface area contributed by atoms with E-state index in [4.69, 9.17) is 0 Å². The van der Waals surface area contributed by atoms with E-state index in [0.29, 0.717) is 6.61 Å². The summed E-state index contributed by atoms with van der Waals surface area (Å²) in [6, 6.07) is 1.59. The summed E-state index contributed by atoms with van der Waals surface area (Å²) in [5.41, 5.74) is 0.0134. The maximum atomic E-state index is 9.78. The summed E-state index contributed by atoms with van der Waals surface area (Å²) in [6.07, 6.45) is 9.25. The molecule has 1 heterocycles. The van der Waals surface area contributed by atoms with Crippen LogP contribution in [0.15, 0.2) is 0 Å². The average molecular weight is 252 g/mol. The van der Waals surface area contributed by atoms with Crippen molar-refractivity contribution in [1.82, 2.24) is 10.2 Å². The summed E-state index contributed by atoms with van der Waals surface area (Å²) < 4.78 is 0. The van der Waals surface area contributed by atoms with E-state index < -0.39 is 0 Å². The minimum absolute atomic E-state index is 0.0134. The van der Waals surface area contributed by atoms with Crippen LogP contribution in [0.3, 0.4) is 0 Å². The zero-order chi connectivity index (χ0) is 12.6. The first-order valence-corrected chi connectivity index (χ1v) is 7.88. The van der Waals surface area contributed by atoms with Crippen molar-refractivity contribution in [3.63, 3.8) is 0 Å². The highest BCUT2D eigenvalue weighted by atomic mass is 16.3. The SMILES string of the molecule is CCNC1(CO)CCCC(N2CC3CCC2C3)C1. The van der Waals surface area contributed by atoms with Crippen molar-refractivity contribution in [3.05, 3.63) is 0 Å². The molecule has 0 radical (unpaired) electrons. The highest BCUT2D eigenvalue weighted by Gasteiger charge is 2.44. The fourth-order valence-electron chi connectivity index (χ4n) is 4.76. The lowest BCUT2D eigenvalue weighted by molar-refractivity contribution is 0.0459. The number of nitrogens with one attached hydrogen (secondary N) is 1. The molecule has 1 aliphatic heterocycles. The molecule has 2 aliphatic carbocycles. The van der Waals surface area contributed by atoms with E-state index in [1.54, 1.807) is 0 Å². The molecule has 3 heteroatoms. The maximum absolute atomic E-state index is 9.78. The van der Waals surface area contributed by atoms with Crippen molar-refractivity contribution in [3.8, 4) is 0 Å². The Balaban J connectivity index is 1.66. The van der Waals surface area contributed by atoms with Gasteiger partial charge in [-0.2, -0.15) is 0 Å². The monoisotopic (exact) mass is 252 g/mol. The van der Waals surface area contributed by atoms with Crippen LogP contribution in [0.2, 0.25) is 0 Å². The molecule has 4 atom stereocenters. The average Bonchev–Trinajstić information content (AvgIpc) is 3.02. The number of rotatable bonds is 4. The molecular formula is C15H28N2O. The van der Waals surface area contributed by atoms with Crippen LogP contribution in [0.5, 0.6) is 0 Å². The van der Waals surface area contributed by atoms with Crippen molar-refractivity contribution in [2.75, 3.05) is 19.7 Å². The number of aliphatic hydroxyl groups excluding tert-OH is 1. The second-order valence-electron chi connectivity index (χ2n) is 6.75. The van der Waals surface area contributed by atoms with E-state index in [9.17, 15) is 5.11 Å². The highest BCUT2D eigenvalue weighted by molar-refractivity contribution is 5.01. The summed E-state index contributed by atoms with van der Waals surface area (Å²) in [5.74, 6) is 0.986. The molecule has 1 saturated heterocycles. The Kier molecular flexibility index (Phi) is 3.65. The van der Waals surface area contributed by atoms with Crippen LogP contribution < -0.4 is 5.32 Å². The van der Waals surface area contributed by atoms with Gasteiger partial charge >= 0.3 is 0 Å². The topological polar surface area (TPSA) is 35.5 Å². The van der Waals surface area contributed by atoms with Gasteiger partial charge in [0, 0.05) is 24.2 Å². The van der Waals surface area contributed by atoms with Gasteiger partial charge in [-0.1, -0.05) is 6.92 Å². The summed E-state index contributed by atoms with van der Waals surface area (Å²) in [6.45, 7) is 4.76. The van der Waals surface area contributed by atoms with Gasteiger partial charge in [0.25, 0.3) is 0 Å². The van der Waals surface area contributed by atoms with Crippen molar-refractivity contribution >= 4 is 0 Å². The standard InChI is InChI=1S/C15H28N2O/c1-2-16-15(11-18)7-3-4-14(9-15)17-10-12-5-6-13(17)8-12/h12-14,16,18H,2-11H2,1H3. The van der Waals surface area contributed by atoms with Gasteiger partial charge in [0.1, 0.15) is 0 Å². The molecule has 0 aromatic heterocycles. The third-order valence-electron chi connectivity index (χ3n) is 5.59. The summed E-state index contributed by atoms with van der Waals surface area (Å²) >= 11 is 0. The van der Waals surface area contributed by atoms with Gasteiger partial charge in [0.05, 0.1) is 6.61 Å². The Morgan fingerprint density at radius 2 is 2.17 bits per heavy atom. The molecule has 4 unspecified atom stereocenters. The first-order valence-electron chi connectivity index (χ1n) is 7.88. The summed E-state index contributed by atoms with van der Waals surface area (Å²) in [5, 5.41) is 13.4. The third-order valence-corrected chi connectivity index (χ3v) is 5.59. The van der Waals surface area contributed by atoms with Gasteiger partial charge < -0.3 is 10.4 Å². The van der Waals surface area contributed by atoms with Crippen molar-refractivity contribution < 1.29 is 5.11 Å². The molecule has 104 valence electrons. The Bertz CT molecular complexity index is 292. The smallest absolute Gasteiger partial charge is 0.0613 e. The number of fused-ring (bicyclic) bond motifs is 2. The number of aliphatic hydroxyl groups is 1.